The summed E-state index contributed by atoms with van der Waals surface area (Å²) in [5, 5.41) is 8.76. The molecular weight excluding hydrogens is 260 g/mol. The third kappa shape index (κ3) is 3.41. The lowest BCUT2D eigenvalue weighted by molar-refractivity contribution is -0.117. The normalized spacial score (nSPS) is 11.7. The number of nitrogens with one attached hydrogen (secondary N) is 2. The van der Waals surface area contributed by atoms with E-state index >= 15 is 0 Å². The Labute approximate surface area is 115 Å². The number of carbonyl (C=O) groups excluding carboxylic acids is 2. The van der Waals surface area contributed by atoms with Crippen molar-refractivity contribution in [1.82, 2.24) is 15.5 Å². The van der Waals surface area contributed by atoms with Crippen molar-refractivity contribution in [2.24, 2.45) is 0 Å². The average molecular weight is 274 g/mol. The number of amides is 2. The van der Waals surface area contributed by atoms with Crippen molar-refractivity contribution in [1.29, 1.82) is 0 Å². The first-order valence-corrected chi connectivity index (χ1v) is 6.01. The van der Waals surface area contributed by atoms with E-state index in [0.29, 0.717) is 17.1 Å². The standard InChI is InChI=1S/C13H14N4O3/c1-8-6-11(17-20-8)16-12(18)9(2)15-13(19)10-4-3-5-14-7-10/h3-7,9H,1-2H3,(H,15,19)(H,16,17,18)/t9-/m1/s1. The van der Waals surface area contributed by atoms with Gasteiger partial charge < -0.3 is 15.2 Å². The summed E-state index contributed by atoms with van der Waals surface area (Å²) in [6.45, 7) is 3.30. The first kappa shape index (κ1) is 13.7. The molecule has 2 aromatic rings. The molecule has 2 aromatic heterocycles. The number of carbonyl (C=O) groups is 2. The number of aryl methyl sites for hydroxylation is 1. The van der Waals surface area contributed by atoms with Crippen molar-refractivity contribution in [2.75, 3.05) is 5.32 Å². The Bertz CT molecular complexity index is 609. The van der Waals surface area contributed by atoms with Crippen LogP contribution in [-0.2, 0) is 4.79 Å². The van der Waals surface area contributed by atoms with E-state index in [1.165, 1.54) is 6.20 Å². The van der Waals surface area contributed by atoms with Crippen molar-refractivity contribution in [3.8, 4) is 0 Å². The molecule has 7 nitrogen and oxygen atoms in total. The lowest BCUT2D eigenvalue weighted by Crippen LogP contribution is -2.41. The van der Waals surface area contributed by atoms with E-state index < -0.39 is 6.04 Å². The van der Waals surface area contributed by atoms with Crippen LogP contribution in [0.25, 0.3) is 0 Å². The average Bonchev–Trinajstić information content (AvgIpc) is 2.85. The lowest BCUT2D eigenvalue weighted by Gasteiger charge is -2.12. The number of anilines is 1. The van der Waals surface area contributed by atoms with Crippen LogP contribution in [0.4, 0.5) is 5.82 Å². The molecule has 2 amide bonds. The molecule has 2 rings (SSSR count). The number of hydrogen-bond acceptors (Lipinski definition) is 5. The Hall–Kier alpha value is -2.70. The zero-order chi connectivity index (χ0) is 14.5. The third-order valence-electron chi connectivity index (χ3n) is 2.54. The predicted octanol–water partition coefficient (Wildman–Crippen LogP) is 1.14. The second-order valence-corrected chi connectivity index (χ2v) is 4.25. The van der Waals surface area contributed by atoms with E-state index in [9.17, 15) is 9.59 Å². The number of rotatable bonds is 4. The van der Waals surface area contributed by atoms with E-state index in [1.807, 2.05) is 0 Å². The quantitative estimate of drug-likeness (QED) is 0.871. The summed E-state index contributed by atoms with van der Waals surface area (Å²) in [6, 6.07) is 4.15. The Morgan fingerprint density at radius 2 is 2.20 bits per heavy atom. The van der Waals surface area contributed by atoms with Crippen molar-refractivity contribution >= 4 is 17.6 Å². The molecule has 20 heavy (non-hydrogen) atoms. The molecule has 0 saturated heterocycles. The van der Waals surface area contributed by atoms with Gasteiger partial charge in [-0.2, -0.15) is 0 Å². The van der Waals surface area contributed by atoms with E-state index in [1.54, 1.807) is 38.2 Å². The van der Waals surface area contributed by atoms with Gasteiger partial charge in [0, 0.05) is 18.5 Å². The minimum atomic E-state index is -0.709. The van der Waals surface area contributed by atoms with Gasteiger partial charge in [-0.3, -0.25) is 14.6 Å². The van der Waals surface area contributed by atoms with Gasteiger partial charge in [0.15, 0.2) is 5.82 Å². The molecule has 0 aliphatic rings. The fraction of sp³-hybridized carbons (Fsp3) is 0.231. The maximum absolute atomic E-state index is 11.9. The molecule has 7 heteroatoms. The fourth-order valence-corrected chi connectivity index (χ4v) is 1.50. The summed E-state index contributed by atoms with van der Waals surface area (Å²) in [7, 11) is 0. The molecule has 2 N–H and O–H groups in total. The molecule has 0 aliphatic carbocycles. The number of aromatic nitrogens is 2. The number of hydrogen-bond donors (Lipinski definition) is 2. The molecule has 0 aromatic carbocycles. The SMILES string of the molecule is Cc1cc(NC(=O)[C@@H](C)NC(=O)c2cccnc2)no1. The van der Waals surface area contributed by atoms with Crippen molar-refractivity contribution in [3.05, 3.63) is 41.9 Å². The van der Waals surface area contributed by atoms with Gasteiger partial charge >= 0.3 is 0 Å². The van der Waals surface area contributed by atoms with Crippen LogP contribution in [0.1, 0.15) is 23.0 Å². The highest BCUT2D eigenvalue weighted by Crippen LogP contribution is 2.07. The molecule has 0 bridgehead atoms. The first-order chi connectivity index (χ1) is 9.56. The third-order valence-corrected chi connectivity index (χ3v) is 2.54. The smallest absolute Gasteiger partial charge is 0.253 e. The van der Waals surface area contributed by atoms with Crippen molar-refractivity contribution < 1.29 is 14.1 Å². The topological polar surface area (TPSA) is 97.1 Å². The van der Waals surface area contributed by atoms with Gasteiger partial charge in [-0.1, -0.05) is 5.16 Å². The Kier molecular flexibility index (Phi) is 4.09. The molecule has 0 radical (unpaired) electrons. The lowest BCUT2D eigenvalue weighted by atomic mass is 10.2. The van der Waals surface area contributed by atoms with Crippen LogP contribution in [-0.4, -0.2) is 28.0 Å². The van der Waals surface area contributed by atoms with Crippen LogP contribution < -0.4 is 10.6 Å². The van der Waals surface area contributed by atoms with Gasteiger partial charge in [0.2, 0.25) is 5.91 Å². The maximum Gasteiger partial charge on any atom is 0.253 e. The molecule has 0 unspecified atom stereocenters. The van der Waals surface area contributed by atoms with Crippen molar-refractivity contribution in [2.45, 2.75) is 19.9 Å². The monoisotopic (exact) mass is 274 g/mol. The zero-order valence-corrected chi connectivity index (χ0v) is 11.1. The molecule has 0 aliphatic heterocycles. The summed E-state index contributed by atoms with van der Waals surface area (Å²) in [5.74, 6) is 0.162. The Morgan fingerprint density at radius 3 is 2.80 bits per heavy atom. The van der Waals surface area contributed by atoms with Gasteiger partial charge in [-0.05, 0) is 26.0 Å². The Balaban J connectivity index is 1.92. The highest BCUT2D eigenvalue weighted by molar-refractivity contribution is 6.00. The predicted molar refractivity (Wildman–Crippen MR) is 71.0 cm³/mol. The largest absolute Gasteiger partial charge is 0.360 e. The number of pyridine rings is 1. The van der Waals surface area contributed by atoms with E-state index in [4.69, 9.17) is 4.52 Å². The molecule has 0 fully saturated rings. The first-order valence-electron chi connectivity index (χ1n) is 6.01. The molecular formula is C13H14N4O3. The maximum atomic E-state index is 11.9. The summed E-state index contributed by atoms with van der Waals surface area (Å²) in [4.78, 5) is 27.6. The van der Waals surface area contributed by atoms with E-state index in [2.05, 4.69) is 20.8 Å². The van der Waals surface area contributed by atoms with Crippen molar-refractivity contribution in [3.63, 3.8) is 0 Å². The van der Waals surface area contributed by atoms with Gasteiger partial charge in [0.05, 0.1) is 5.56 Å². The second kappa shape index (κ2) is 5.96. The van der Waals surface area contributed by atoms with Crippen LogP contribution >= 0.6 is 0 Å². The Morgan fingerprint density at radius 1 is 1.40 bits per heavy atom. The number of nitrogens with zero attached hydrogens (tertiary/aromatic N) is 2. The van der Waals surface area contributed by atoms with Crippen LogP contribution in [0.3, 0.4) is 0 Å². The zero-order valence-electron chi connectivity index (χ0n) is 11.1. The summed E-state index contributed by atoms with van der Waals surface area (Å²) >= 11 is 0. The van der Waals surface area contributed by atoms with Crippen LogP contribution in [0.5, 0.6) is 0 Å². The molecule has 0 saturated carbocycles. The minimum absolute atomic E-state index is 0.315. The molecule has 1 atom stereocenters. The van der Waals surface area contributed by atoms with Crippen LogP contribution in [0.2, 0.25) is 0 Å². The summed E-state index contributed by atoms with van der Waals surface area (Å²) in [6.07, 6.45) is 3.00. The molecule has 2 heterocycles. The van der Waals surface area contributed by atoms with Crippen LogP contribution in [0, 0.1) is 6.92 Å². The van der Waals surface area contributed by atoms with Crippen LogP contribution in [0.15, 0.2) is 35.1 Å². The van der Waals surface area contributed by atoms with Gasteiger partial charge in [0.1, 0.15) is 11.8 Å². The summed E-state index contributed by atoms with van der Waals surface area (Å²) in [5.41, 5.74) is 0.393. The molecule has 104 valence electrons. The van der Waals surface area contributed by atoms with E-state index in [0.717, 1.165) is 0 Å². The highest BCUT2D eigenvalue weighted by atomic mass is 16.5. The second-order valence-electron chi connectivity index (χ2n) is 4.25. The fourth-order valence-electron chi connectivity index (χ4n) is 1.50. The molecule has 0 spiro atoms. The van der Waals surface area contributed by atoms with E-state index in [-0.39, 0.29) is 11.8 Å². The summed E-state index contributed by atoms with van der Waals surface area (Å²) < 4.78 is 4.84. The minimum Gasteiger partial charge on any atom is -0.360 e. The van der Waals surface area contributed by atoms with Gasteiger partial charge in [-0.15, -0.1) is 0 Å². The highest BCUT2D eigenvalue weighted by Gasteiger charge is 2.17. The van der Waals surface area contributed by atoms with Gasteiger partial charge in [-0.25, -0.2) is 0 Å². The van der Waals surface area contributed by atoms with Gasteiger partial charge in [0.25, 0.3) is 5.91 Å².